The molecule has 1 rings (SSSR count). The van der Waals surface area contributed by atoms with Gasteiger partial charge < -0.3 is 25.3 Å². The second kappa shape index (κ2) is 17.0. The molecule has 0 saturated carbocycles. The first-order valence-corrected chi connectivity index (χ1v) is 10.7. The summed E-state index contributed by atoms with van der Waals surface area (Å²) in [4.78, 5) is 48.5. The number of esters is 1. The van der Waals surface area contributed by atoms with E-state index in [0.29, 0.717) is 32.6 Å². The fourth-order valence-corrected chi connectivity index (χ4v) is 2.35. The molecule has 3 N–H and O–H groups in total. The van der Waals surface area contributed by atoms with Crippen LogP contribution in [0.4, 0.5) is 9.59 Å². The molecule has 1 aliphatic heterocycles. The summed E-state index contributed by atoms with van der Waals surface area (Å²) in [6, 6.07) is 0. The molecule has 0 bridgehead atoms. The molecule has 0 spiro atoms. The second-order valence-electron chi connectivity index (χ2n) is 9.23. The fraction of sp³-hybridized carbons (Fsp3) is 0.826. The SMILES string of the molecule is C.C.CC(C)(C)OC(=O)N1CCCNC(=O)C1.COC(=O)CN(CCCN)C(=O)OC(C)(C)C. The van der Waals surface area contributed by atoms with Gasteiger partial charge in [0.2, 0.25) is 5.91 Å². The van der Waals surface area contributed by atoms with Crippen molar-refractivity contribution in [3.05, 3.63) is 0 Å². The largest absolute Gasteiger partial charge is 0.468 e. The van der Waals surface area contributed by atoms with Gasteiger partial charge in [-0.05, 0) is 60.9 Å². The quantitative estimate of drug-likeness (QED) is 0.441. The Morgan fingerprint density at radius 2 is 1.62 bits per heavy atom. The number of hydrogen-bond acceptors (Lipinski definition) is 8. The predicted molar refractivity (Wildman–Crippen MR) is 132 cm³/mol. The third-order valence-corrected chi connectivity index (χ3v) is 3.74. The summed E-state index contributed by atoms with van der Waals surface area (Å²) < 4.78 is 14.9. The Balaban J connectivity index is -0.000000537. The molecule has 0 aromatic heterocycles. The molecule has 11 nitrogen and oxygen atoms in total. The van der Waals surface area contributed by atoms with E-state index in [4.69, 9.17) is 15.2 Å². The molecule has 0 atom stereocenters. The average Bonchev–Trinajstić information content (AvgIpc) is 2.87. The van der Waals surface area contributed by atoms with Crippen LogP contribution >= 0.6 is 0 Å². The summed E-state index contributed by atoms with van der Waals surface area (Å²) >= 11 is 0. The molecular weight excluding hydrogens is 444 g/mol. The highest BCUT2D eigenvalue weighted by Gasteiger charge is 2.25. The van der Waals surface area contributed by atoms with Crippen molar-refractivity contribution in [2.24, 2.45) is 5.73 Å². The molecule has 3 amide bonds. The van der Waals surface area contributed by atoms with Crippen LogP contribution < -0.4 is 11.1 Å². The molecule has 1 fully saturated rings. The van der Waals surface area contributed by atoms with Crippen molar-refractivity contribution in [3.8, 4) is 0 Å². The van der Waals surface area contributed by atoms with Crippen molar-refractivity contribution < 1.29 is 33.4 Å². The van der Waals surface area contributed by atoms with E-state index >= 15 is 0 Å². The van der Waals surface area contributed by atoms with Gasteiger partial charge in [0.05, 0.1) is 7.11 Å². The average molecular weight is 493 g/mol. The minimum absolute atomic E-state index is 0. The molecule has 34 heavy (non-hydrogen) atoms. The summed E-state index contributed by atoms with van der Waals surface area (Å²) in [5.41, 5.74) is 4.27. The van der Waals surface area contributed by atoms with Gasteiger partial charge >= 0.3 is 18.2 Å². The topological polar surface area (TPSA) is 140 Å². The van der Waals surface area contributed by atoms with Gasteiger partial charge in [-0.2, -0.15) is 0 Å². The third-order valence-electron chi connectivity index (χ3n) is 3.74. The molecule has 0 aromatic carbocycles. The van der Waals surface area contributed by atoms with Crippen LogP contribution in [0.15, 0.2) is 0 Å². The maximum Gasteiger partial charge on any atom is 0.410 e. The predicted octanol–water partition coefficient (Wildman–Crippen LogP) is 2.76. The van der Waals surface area contributed by atoms with Gasteiger partial charge in [0, 0.05) is 19.6 Å². The van der Waals surface area contributed by atoms with Crippen LogP contribution in [0.3, 0.4) is 0 Å². The smallest absolute Gasteiger partial charge is 0.410 e. The minimum atomic E-state index is -0.589. The number of nitrogens with one attached hydrogen (secondary N) is 1. The number of nitrogens with zero attached hydrogens (tertiary/aromatic N) is 2. The lowest BCUT2D eigenvalue weighted by atomic mass is 10.2. The van der Waals surface area contributed by atoms with E-state index in [2.05, 4.69) is 10.1 Å². The first kappa shape index (κ1) is 36.0. The molecule has 0 aliphatic carbocycles. The summed E-state index contributed by atoms with van der Waals surface area (Å²) in [5.74, 6) is -0.605. The third kappa shape index (κ3) is 17.9. The van der Waals surface area contributed by atoms with Crippen LogP contribution in [-0.4, -0.2) is 91.4 Å². The maximum atomic E-state index is 11.8. The summed E-state index contributed by atoms with van der Waals surface area (Å²) in [6.45, 7) is 12.7. The monoisotopic (exact) mass is 492 g/mol. The minimum Gasteiger partial charge on any atom is -0.468 e. The lowest BCUT2D eigenvalue weighted by molar-refractivity contribution is -0.141. The van der Waals surface area contributed by atoms with Crippen molar-refractivity contribution in [3.63, 3.8) is 0 Å². The molecule has 1 saturated heterocycles. The van der Waals surface area contributed by atoms with E-state index < -0.39 is 29.4 Å². The normalized spacial score (nSPS) is 13.4. The number of carbonyl (C=O) groups is 4. The van der Waals surface area contributed by atoms with Crippen LogP contribution in [-0.2, 0) is 23.8 Å². The van der Waals surface area contributed by atoms with Gasteiger partial charge in [0.1, 0.15) is 24.3 Å². The summed E-state index contributed by atoms with van der Waals surface area (Å²) in [6.07, 6.45) is 0.428. The molecule has 202 valence electrons. The van der Waals surface area contributed by atoms with Crippen LogP contribution in [0.25, 0.3) is 0 Å². The Kier molecular flexibility index (Phi) is 18.0. The van der Waals surface area contributed by atoms with Crippen LogP contribution in [0.1, 0.15) is 69.2 Å². The van der Waals surface area contributed by atoms with Crippen LogP contribution in [0.2, 0.25) is 0 Å². The summed E-state index contributed by atoms with van der Waals surface area (Å²) in [5, 5.41) is 2.70. The Labute approximate surface area is 205 Å². The van der Waals surface area contributed by atoms with Gasteiger partial charge in [-0.25, -0.2) is 9.59 Å². The zero-order chi connectivity index (χ0) is 24.9. The van der Waals surface area contributed by atoms with E-state index in [1.54, 1.807) is 20.8 Å². The molecule has 0 aromatic rings. The van der Waals surface area contributed by atoms with E-state index in [1.807, 2.05) is 20.8 Å². The Morgan fingerprint density at radius 1 is 1.06 bits per heavy atom. The van der Waals surface area contributed by atoms with Crippen LogP contribution in [0, 0.1) is 0 Å². The molecular formula is C23H48N4O7. The molecule has 1 aliphatic rings. The zero-order valence-corrected chi connectivity index (χ0v) is 20.5. The van der Waals surface area contributed by atoms with Crippen molar-refractivity contribution in [1.29, 1.82) is 0 Å². The second-order valence-corrected chi connectivity index (χ2v) is 9.23. The molecule has 0 unspecified atom stereocenters. The number of nitrogens with two attached hydrogens (primary N) is 1. The Morgan fingerprint density at radius 3 is 2.09 bits per heavy atom. The lowest BCUT2D eigenvalue weighted by Crippen LogP contribution is -2.41. The van der Waals surface area contributed by atoms with Gasteiger partial charge in [-0.1, -0.05) is 14.9 Å². The molecule has 11 heteroatoms. The Bertz CT molecular complexity index is 628. The van der Waals surface area contributed by atoms with Crippen molar-refractivity contribution in [1.82, 2.24) is 15.1 Å². The first-order valence-electron chi connectivity index (χ1n) is 10.7. The van der Waals surface area contributed by atoms with Crippen molar-refractivity contribution in [2.45, 2.75) is 80.4 Å². The van der Waals surface area contributed by atoms with Crippen molar-refractivity contribution in [2.75, 3.05) is 46.4 Å². The highest BCUT2D eigenvalue weighted by Crippen LogP contribution is 2.11. The zero-order valence-electron chi connectivity index (χ0n) is 20.5. The number of carbonyl (C=O) groups excluding carboxylic acids is 4. The van der Waals surface area contributed by atoms with Crippen LogP contribution in [0.5, 0.6) is 0 Å². The maximum absolute atomic E-state index is 11.8. The Hall–Kier alpha value is -2.56. The number of methoxy groups -OCH3 is 1. The van der Waals surface area contributed by atoms with E-state index in [0.717, 1.165) is 6.42 Å². The standard InChI is InChI=1S/C11H22N2O4.C10H18N2O3.2CH4/c1-11(2,3)17-10(15)13(7-5-6-12)8-9(14)16-4;1-10(2,3)15-9(14)12-6-4-5-11-8(13)7-12;;/h5-8,12H2,1-4H3;4-7H2,1-3H3,(H,11,13);2*1H4. The van der Waals surface area contributed by atoms with Gasteiger partial charge in [-0.15, -0.1) is 0 Å². The number of hydrogen-bond donors (Lipinski definition) is 2. The first-order chi connectivity index (χ1) is 14.7. The highest BCUT2D eigenvalue weighted by atomic mass is 16.6. The van der Waals surface area contributed by atoms with Gasteiger partial charge in [0.15, 0.2) is 0 Å². The summed E-state index contributed by atoms with van der Waals surface area (Å²) in [7, 11) is 1.28. The highest BCUT2D eigenvalue weighted by molar-refractivity contribution is 5.82. The van der Waals surface area contributed by atoms with E-state index in [-0.39, 0.29) is 33.8 Å². The molecule has 1 heterocycles. The number of amides is 3. The van der Waals surface area contributed by atoms with Crippen molar-refractivity contribution >= 4 is 24.1 Å². The number of rotatable bonds is 5. The van der Waals surface area contributed by atoms with E-state index in [9.17, 15) is 19.2 Å². The lowest BCUT2D eigenvalue weighted by Gasteiger charge is -2.26. The van der Waals surface area contributed by atoms with Gasteiger partial charge in [0.25, 0.3) is 0 Å². The fourth-order valence-electron chi connectivity index (χ4n) is 2.35. The molecule has 0 radical (unpaired) electrons. The number of ether oxygens (including phenoxy) is 3. The van der Waals surface area contributed by atoms with E-state index in [1.165, 1.54) is 16.9 Å². The van der Waals surface area contributed by atoms with Gasteiger partial charge in [-0.3, -0.25) is 19.4 Å².